The molecule has 4 rings (SSSR count). The van der Waals surface area contributed by atoms with Crippen molar-refractivity contribution in [3.8, 4) is 11.1 Å². The highest BCUT2D eigenvalue weighted by Crippen LogP contribution is 2.44. The van der Waals surface area contributed by atoms with E-state index in [0.717, 1.165) is 0 Å². The summed E-state index contributed by atoms with van der Waals surface area (Å²) in [6.45, 7) is 4.67. The van der Waals surface area contributed by atoms with Crippen molar-refractivity contribution in [3.05, 3.63) is 59.7 Å². The first-order valence-electron chi connectivity index (χ1n) is 9.30. The van der Waals surface area contributed by atoms with Gasteiger partial charge in [0.15, 0.2) is 0 Å². The van der Waals surface area contributed by atoms with Gasteiger partial charge in [-0.15, -0.1) is 0 Å². The maximum absolute atomic E-state index is 12.6. The fraction of sp³-hybridized carbons (Fsp3) is 0.409. The second kappa shape index (κ2) is 6.44. The number of benzene rings is 2. The summed E-state index contributed by atoms with van der Waals surface area (Å²) < 4.78 is 5.72. The molecule has 26 heavy (non-hydrogen) atoms. The van der Waals surface area contributed by atoms with E-state index in [1.54, 1.807) is 4.90 Å². The minimum absolute atomic E-state index is 0.0191. The van der Waals surface area contributed by atoms with Crippen LogP contribution in [0, 0.1) is 0 Å². The Kier molecular flexibility index (Phi) is 4.23. The SMILES string of the molecule is CC1CC(C)(O)CCN1C(=O)OCC1c2ccccc2-c2ccccc21. The third-order valence-electron chi connectivity index (χ3n) is 5.73. The van der Waals surface area contributed by atoms with Crippen molar-refractivity contribution in [2.45, 2.75) is 44.2 Å². The number of carbonyl (C=O) groups excluding carboxylic acids is 1. The molecule has 136 valence electrons. The fourth-order valence-corrected chi connectivity index (χ4v) is 4.38. The van der Waals surface area contributed by atoms with Gasteiger partial charge in [-0.25, -0.2) is 4.79 Å². The first-order chi connectivity index (χ1) is 12.5. The highest BCUT2D eigenvalue weighted by molar-refractivity contribution is 5.79. The standard InChI is InChI=1S/C22H25NO3/c1-15-13-22(2,25)11-12-23(15)21(24)26-14-20-18-9-5-3-7-16(18)17-8-4-6-10-19(17)20/h3-10,15,20,25H,11-14H2,1-2H3. The zero-order chi connectivity index (χ0) is 18.3. The van der Waals surface area contributed by atoms with Crippen molar-refractivity contribution in [2.75, 3.05) is 13.2 Å². The average Bonchev–Trinajstić information content (AvgIpc) is 2.93. The molecule has 4 heteroatoms. The van der Waals surface area contributed by atoms with Crippen LogP contribution in [-0.2, 0) is 4.74 Å². The first-order valence-corrected chi connectivity index (χ1v) is 9.30. The molecule has 1 heterocycles. The van der Waals surface area contributed by atoms with Gasteiger partial charge in [-0.05, 0) is 48.9 Å². The lowest BCUT2D eigenvalue weighted by Gasteiger charge is -2.40. The molecule has 2 unspecified atom stereocenters. The first kappa shape index (κ1) is 17.1. The van der Waals surface area contributed by atoms with Crippen molar-refractivity contribution >= 4 is 6.09 Å². The van der Waals surface area contributed by atoms with E-state index in [4.69, 9.17) is 4.74 Å². The summed E-state index contributed by atoms with van der Waals surface area (Å²) in [5.74, 6) is 0.0783. The van der Waals surface area contributed by atoms with Gasteiger partial charge in [-0.1, -0.05) is 48.5 Å². The average molecular weight is 351 g/mol. The largest absolute Gasteiger partial charge is 0.448 e. The van der Waals surface area contributed by atoms with Crippen LogP contribution in [0.3, 0.4) is 0 Å². The van der Waals surface area contributed by atoms with Crippen LogP contribution >= 0.6 is 0 Å². The van der Waals surface area contributed by atoms with Gasteiger partial charge < -0.3 is 14.7 Å². The van der Waals surface area contributed by atoms with Gasteiger partial charge in [0.1, 0.15) is 6.61 Å². The van der Waals surface area contributed by atoms with Crippen LogP contribution in [0.2, 0.25) is 0 Å². The van der Waals surface area contributed by atoms with E-state index < -0.39 is 5.60 Å². The minimum atomic E-state index is -0.695. The van der Waals surface area contributed by atoms with Crippen LogP contribution in [-0.4, -0.2) is 40.9 Å². The zero-order valence-corrected chi connectivity index (χ0v) is 15.3. The van der Waals surface area contributed by atoms with Gasteiger partial charge >= 0.3 is 6.09 Å². The Morgan fingerprint density at radius 3 is 2.31 bits per heavy atom. The minimum Gasteiger partial charge on any atom is -0.448 e. The van der Waals surface area contributed by atoms with Crippen molar-refractivity contribution in [1.29, 1.82) is 0 Å². The van der Waals surface area contributed by atoms with E-state index >= 15 is 0 Å². The number of aliphatic hydroxyl groups is 1. The number of likely N-dealkylation sites (tertiary alicyclic amines) is 1. The van der Waals surface area contributed by atoms with Crippen LogP contribution < -0.4 is 0 Å². The molecule has 1 saturated heterocycles. The second-order valence-corrected chi connectivity index (χ2v) is 7.80. The highest BCUT2D eigenvalue weighted by atomic mass is 16.6. The summed E-state index contributed by atoms with van der Waals surface area (Å²) in [5.41, 5.74) is 4.20. The van der Waals surface area contributed by atoms with Gasteiger partial charge in [-0.2, -0.15) is 0 Å². The number of ether oxygens (including phenoxy) is 1. The quantitative estimate of drug-likeness (QED) is 0.883. The third-order valence-corrected chi connectivity index (χ3v) is 5.73. The topological polar surface area (TPSA) is 49.8 Å². The van der Waals surface area contributed by atoms with Crippen LogP contribution in [0.5, 0.6) is 0 Å². The zero-order valence-electron chi connectivity index (χ0n) is 15.3. The van der Waals surface area contributed by atoms with Crippen LogP contribution in [0.1, 0.15) is 43.7 Å². The molecule has 2 aromatic rings. The number of hydrogen-bond acceptors (Lipinski definition) is 3. The summed E-state index contributed by atoms with van der Waals surface area (Å²) >= 11 is 0. The second-order valence-electron chi connectivity index (χ2n) is 7.80. The van der Waals surface area contributed by atoms with Crippen molar-refractivity contribution < 1.29 is 14.6 Å². The molecule has 0 aromatic heterocycles. The molecule has 1 aliphatic heterocycles. The molecule has 1 N–H and O–H groups in total. The maximum Gasteiger partial charge on any atom is 0.410 e. The molecule has 1 amide bonds. The van der Waals surface area contributed by atoms with E-state index in [1.165, 1.54) is 22.3 Å². The number of piperidine rings is 1. The Labute approximate surface area is 154 Å². The Morgan fingerprint density at radius 2 is 1.73 bits per heavy atom. The molecule has 1 aliphatic carbocycles. The molecule has 1 fully saturated rings. The molecule has 0 spiro atoms. The van der Waals surface area contributed by atoms with E-state index in [1.807, 2.05) is 38.1 Å². The molecule has 0 bridgehead atoms. The molecule has 2 aliphatic rings. The van der Waals surface area contributed by atoms with E-state index in [2.05, 4.69) is 24.3 Å². The summed E-state index contributed by atoms with van der Waals surface area (Å²) in [7, 11) is 0. The molecular weight excluding hydrogens is 326 g/mol. The van der Waals surface area contributed by atoms with Gasteiger partial charge in [0.2, 0.25) is 0 Å². The summed E-state index contributed by atoms with van der Waals surface area (Å²) in [4.78, 5) is 14.4. The predicted molar refractivity (Wildman–Crippen MR) is 101 cm³/mol. The van der Waals surface area contributed by atoms with E-state index in [0.29, 0.717) is 26.0 Å². The van der Waals surface area contributed by atoms with Gasteiger partial charge in [0.05, 0.1) is 5.60 Å². The summed E-state index contributed by atoms with van der Waals surface area (Å²) in [6.07, 6.45) is 0.883. The summed E-state index contributed by atoms with van der Waals surface area (Å²) in [6, 6.07) is 16.6. The number of hydrogen-bond donors (Lipinski definition) is 1. The van der Waals surface area contributed by atoms with Crippen LogP contribution in [0.15, 0.2) is 48.5 Å². The molecule has 0 saturated carbocycles. The Balaban J connectivity index is 1.49. The Hall–Kier alpha value is -2.33. The maximum atomic E-state index is 12.6. The lowest BCUT2D eigenvalue weighted by Crippen LogP contribution is -2.50. The monoisotopic (exact) mass is 351 g/mol. The Morgan fingerprint density at radius 1 is 1.15 bits per heavy atom. The van der Waals surface area contributed by atoms with E-state index in [9.17, 15) is 9.90 Å². The summed E-state index contributed by atoms with van der Waals surface area (Å²) in [5, 5.41) is 10.2. The van der Waals surface area contributed by atoms with Gasteiger partial charge in [0.25, 0.3) is 0 Å². The number of fused-ring (bicyclic) bond motifs is 3. The molecule has 2 aromatic carbocycles. The van der Waals surface area contributed by atoms with Crippen molar-refractivity contribution in [1.82, 2.24) is 4.90 Å². The molecular formula is C22H25NO3. The number of carbonyl (C=O) groups is 1. The highest BCUT2D eigenvalue weighted by Gasteiger charge is 2.36. The Bertz CT molecular complexity index is 784. The molecule has 0 radical (unpaired) electrons. The molecule has 4 nitrogen and oxygen atoms in total. The number of nitrogens with zero attached hydrogens (tertiary/aromatic N) is 1. The van der Waals surface area contributed by atoms with E-state index in [-0.39, 0.29) is 18.1 Å². The third kappa shape index (κ3) is 2.99. The van der Waals surface area contributed by atoms with Crippen LogP contribution in [0.25, 0.3) is 11.1 Å². The van der Waals surface area contributed by atoms with Crippen molar-refractivity contribution in [3.63, 3.8) is 0 Å². The lowest BCUT2D eigenvalue weighted by molar-refractivity contribution is -0.0272. The van der Waals surface area contributed by atoms with Gasteiger partial charge in [-0.3, -0.25) is 0 Å². The fourth-order valence-electron chi connectivity index (χ4n) is 4.38. The van der Waals surface area contributed by atoms with Gasteiger partial charge in [0, 0.05) is 18.5 Å². The van der Waals surface area contributed by atoms with Crippen LogP contribution in [0.4, 0.5) is 4.79 Å². The van der Waals surface area contributed by atoms with Crippen molar-refractivity contribution in [2.24, 2.45) is 0 Å². The number of amides is 1. The number of rotatable bonds is 2. The normalized spacial score (nSPS) is 24.9. The molecule has 2 atom stereocenters. The predicted octanol–water partition coefficient (Wildman–Crippen LogP) is 4.17. The lowest BCUT2D eigenvalue weighted by atomic mass is 9.89. The smallest absolute Gasteiger partial charge is 0.410 e.